The van der Waals surface area contributed by atoms with Gasteiger partial charge in [-0.15, -0.1) is 0 Å². The number of hydrogen-bond acceptors (Lipinski definition) is 7. The molecule has 4 rings (SSSR count). The van der Waals surface area contributed by atoms with E-state index in [2.05, 4.69) is 14.6 Å². The molecule has 0 aliphatic carbocycles. The first-order valence-corrected chi connectivity index (χ1v) is 10.7. The first kappa shape index (κ1) is 17.9. The summed E-state index contributed by atoms with van der Waals surface area (Å²) >= 11 is 1.52. The lowest BCUT2D eigenvalue weighted by molar-refractivity contribution is 0.112. The molecule has 7 nitrogen and oxygen atoms in total. The Hall–Kier alpha value is -2.49. The fourth-order valence-corrected chi connectivity index (χ4v) is 5.19. The average Bonchev–Trinajstić information content (AvgIpc) is 3.12. The zero-order valence-corrected chi connectivity index (χ0v) is 15.9. The molecule has 1 fully saturated rings. The Kier molecular flexibility index (Phi) is 4.81. The van der Waals surface area contributed by atoms with Crippen molar-refractivity contribution >= 4 is 48.7 Å². The standard InChI is InChI=1S/C18H17N3O4S2/c22-12-13-3-1-2-4-17(13)27(23,24)20-14-5-6-15-16(11-14)26-18(19-15)21-7-9-25-10-8-21/h1-6,11-12,20H,7-10H2. The van der Waals surface area contributed by atoms with Crippen LogP contribution in [0.1, 0.15) is 10.4 Å². The highest BCUT2D eigenvalue weighted by atomic mass is 32.2. The van der Waals surface area contributed by atoms with Crippen molar-refractivity contribution in [2.24, 2.45) is 0 Å². The molecule has 0 amide bonds. The minimum absolute atomic E-state index is 0.0431. The summed E-state index contributed by atoms with van der Waals surface area (Å²) in [7, 11) is -3.86. The van der Waals surface area contributed by atoms with Crippen LogP contribution >= 0.6 is 11.3 Å². The van der Waals surface area contributed by atoms with Crippen molar-refractivity contribution in [2.45, 2.75) is 4.90 Å². The third-order valence-corrected chi connectivity index (χ3v) is 6.78. The van der Waals surface area contributed by atoms with Gasteiger partial charge >= 0.3 is 0 Å². The van der Waals surface area contributed by atoms with Crippen molar-refractivity contribution in [2.75, 3.05) is 35.9 Å². The Labute approximate surface area is 160 Å². The van der Waals surface area contributed by atoms with E-state index in [1.165, 1.54) is 23.5 Å². The number of anilines is 2. The molecule has 1 N–H and O–H groups in total. The highest BCUT2D eigenvalue weighted by molar-refractivity contribution is 7.92. The number of nitrogens with one attached hydrogen (secondary N) is 1. The molecule has 1 aliphatic heterocycles. The lowest BCUT2D eigenvalue weighted by Crippen LogP contribution is -2.36. The van der Waals surface area contributed by atoms with Gasteiger partial charge in [-0.25, -0.2) is 13.4 Å². The average molecular weight is 403 g/mol. The lowest BCUT2D eigenvalue weighted by Gasteiger charge is -2.25. The summed E-state index contributed by atoms with van der Waals surface area (Å²) in [6, 6.07) is 11.3. The van der Waals surface area contributed by atoms with E-state index in [-0.39, 0.29) is 10.5 Å². The molecule has 1 aliphatic rings. The van der Waals surface area contributed by atoms with Crippen molar-refractivity contribution in [1.82, 2.24) is 4.98 Å². The van der Waals surface area contributed by atoms with Gasteiger partial charge in [0, 0.05) is 18.7 Å². The van der Waals surface area contributed by atoms with Crippen LogP contribution in [0, 0.1) is 0 Å². The number of aldehydes is 1. The number of ether oxygens (including phenoxy) is 1. The van der Waals surface area contributed by atoms with Crippen LogP contribution in [0.15, 0.2) is 47.4 Å². The second-order valence-corrected chi connectivity index (χ2v) is 8.70. The number of carbonyl (C=O) groups is 1. The van der Waals surface area contributed by atoms with Crippen LogP contribution in [-0.4, -0.2) is 46.0 Å². The van der Waals surface area contributed by atoms with E-state index in [0.29, 0.717) is 25.2 Å². The van der Waals surface area contributed by atoms with E-state index >= 15 is 0 Å². The number of carbonyl (C=O) groups excluding carboxylic acids is 1. The molecule has 0 radical (unpaired) electrons. The maximum absolute atomic E-state index is 12.7. The third-order valence-electron chi connectivity index (χ3n) is 4.25. The van der Waals surface area contributed by atoms with E-state index in [0.717, 1.165) is 28.4 Å². The molecule has 27 heavy (non-hydrogen) atoms. The van der Waals surface area contributed by atoms with Crippen LogP contribution in [0.25, 0.3) is 10.2 Å². The molecule has 1 aromatic heterocycles. The zero-order chi connectivity index (χ0) is 18.9. The molecular formula is C18H17N3O4S2. The molecule has 0 atom stereocenters. The molecule has 0 saturated carbocycles. The van der Waals surface area contributed by atoms with Gasteiger partial charge in [-0.3, -0.25) is 9.52 Å². The Morgan fingerprint density at radius 1 is 1.15 bits per heavy atom. The van der Waals surface area contributed by atoms with Gasteiger partial charge in [0.15, 0.2) is 11.4 Å². The second kappa shape index (κ2) is 7.26. The predicted octanol–water partition coefficient (Wildman–Crippen LogP) is 2.75. The minimum Gasteiger partial charge on any atom is -0.378 e. The van der Waals surface area contributed by atoms with Crippen molar-refractivity contribution < 1.29 is 17.9 Å². The van der Waals surface area contributed by atoms with Gasteiger partial charge in [-0.05, 0) is 24.3 Å². The van der Waals surface area contributed by atoms with Crippen LogP contribution in [0.3, 0.4) is 0 Å². The molecule has 0 spiro atoms. The maximum Gasteiger partial charge on any atom is 0.262 e. The van der Waals surface area contributed by atoms with Gasteiger partial charge in [0.25, 0.3) is 10.0 Å². The Bertz CT molecular complexity index is 1090. The molecule has 140 valence electrons. The van der Waals surface area contributed by atoms with E-state index in [1.54, 1.807) is 30.3 Å². The predicted molar refractivity (Wildman–Crippen MR) is 105 cm³/mol. The van der Waals surface area contributed by atoms with E-state index in [9.17, 15) is 13.2 Å². The van der Waals surface area contributed by atoms with E-state index in [4.69, 9.17) is 4.74 Å². The fourth-order valence-electron chi connectivity index (χ4n) is 2.90. The van der Waals surface area contributed by atoms with Crippen molar-refractivity contribution in [3.63, 3.8) is 0 Å². The molecule has 9 heteroatoms. The summed E-state index contributed by atoms with van der Waals surface area (Å²) in [5, 5.41) is 0.902. The lowest BCUT2D eigenvalue weighted by atomic mass is 10.2. The number of sulfonamides is 1. The monoisotopic (exact) mass is 403 g/mol. The highest BCUT2D eigenvalue weighted by Gasteiger charge is 2.19. The quantitative estimate of drug-likeness (QED) is 0.659. The van der Waals surface area contributed by atoms with Gasteiger partial charge in [0.1, 0.15) is 0 Å². The Balaban J connectivity index is 1.63. The minimum atomic E-state index is -3.86. The van der Waals surface area contributed by atoms with Crippen molar-refractivity contribution in [3.05, 3.63) is 48.0 Å². The largest absolute Gasteiger partial charge is 0.378 e. The van der Waals surface area contributed by atoms with Crippen LogP contribution < -0.4 is 9.62 Å². The second-order valence-electron chi connectivity index (χ2n) is 6.04. The van der Waals surface area contributed by atoms with Gasteiger partial charge in [0.05, 0.1) is 34.0 Å². The number of rotatable bonds is 5. The Morgan fingerprint density at radius 2 is 1.93 bits per heavy atom. The summed E-state index contributed by atoms with van der Waals surface area (Å²) in [6.07, 6.45) is 0.537. The van der Waals surface area contributed by atoms with Gasteiger partial charge < -0.3 is 9.64 Å². The zero-order valence-electron chi connectivity index (χ0n) is 14.3. The number of morpholine rings is 1. The summed E-state index contributed by atoms with van der Waals surface area (Å²) in [5.74, 6) is 0. The van der Waals surface area contributed by atoms with Crippen molar-refractivity contribution in [1.29, 1.82) is 0 Å². The van der Waals surface area contributed by atoms with E-state index in [1.807, 2.05) is 0 Å². The highest BCUT2D eigenvalue weighted by Crippen LogP contribution is 2.32. The SMILES string of the molecule is O=Cc1ccccc1S(=O)(=O)Nc1ccc2nc(N3CCOCC3)sc2c1. The number of fused-ring (bicyclic) bond motifs is 1. The van der Waals surface area contributed by atoms with Gasteiger partial charge in [-0.2, -0.15) is 0 Å². The number of thiazole rings is 1. The number of benzene rings is 2. The van der Waals surface area contributed by atoms with E-state index < -0.39 is 10.0 Å². The summed E-state index contributed by atoms with van der Waals surface area (Å²) < 4.78 is 34.1. The molecule has 2 heterocycles. The Morgan fingerprint density at radius 3 is 2.70 bits per heavy atom. The maximum atomic E-state index is 12.7. The smallest absolute Gasteiger partial charge is 0.262 e. The van der Waals surface area contributed by atoms with Crippen molar-refractivity contribution in [3.8, 4) is 0 Å². The topological polar surface area (TPSA) is 88.6 Å². The summed E-state index contributed by atoms with van der Waals surface area (Å²) in [6.45, 7) is 2.94. The first-order valence-electron chi connectivity index (χ1n) is 8.37. The molecule has 1 saturated heterocycles. The molecule has 0 bridgehead atoms. The van der Waals surface area contributed by atoms with Gasteiger partial charge in [-0.1, -0.05) is 29.5 Å². The molecular weight excluding hydrogens is 386 g/mol. The number of nitrogens with zero attached hydrogens (tertiary/aromatic N) is 2. The number of aromatic nitrogens is 1. The fraction of sp³-hybridized carbons (Fsp3) is 0.222. The molecule has 0 unspecified atom stereocenters. The molecule has 3 aromatic rings. The van der Waals surface area contributed by atoms with Crippen LogP contribution in [-0.2, 0) is 14.8 Å². The molecule has 2 aromatic carbocycles. The van der Waals surface area contributed by atoms with Crippen LogP contribution in [0.2, 0.25) is 0 Å². The van der Waals surface area contributed by atoms with Gasteiger partial charge in [0.2, 0.25) is 0 Å². The summed E-state index contributed by atoms with van der Waals surface area (Å²) in [5.41, 5.74) is 1.37. The van der Waals surface area contributed by atoms with Crippen LogP contribution in [0.4, 0.5) is 10.8 Å². The first-order chi connectivity index (χ1) is 13.1. The third kappa shape index (κ3) is 3.66. The number of hydrogen-bond donors (Lipinski definition) is 1. The van der Waals surface area contributed by atoms with Crippen LogP contribution in [0.5, 0.6) is 0 Å². The summed E-state index contributed by atoms with van der Waals surface area (Å²) in [4.78, 5) is 17.9. The normalized spacial score (nSPS) is 15.0.